The third-order valence-corrected chi connectivity index (χ3v) is 2.57. The summed E-state index contributed by atoms with van der Waals surface area (Å²) in [6, 6.07) is 1.71. The fourth-order valence-electron chi connectivity index (χ4n) is 1.24. The standard InChI is InChI=1S/C11H12ClN5O/c1-17(2)8(13)6-18-9-5-15-10-7(16-9)3-4-14-11(10)12/h3-5,13H,6H2,1-2H3. The highest BCUT2D eigenvalue weighted by Crippen LogP contribution is 2.18. The van der Waals surface area contributed by atoms with Crippen molar-refractivity contribution >= 4 is 28.5 Å². The topological polar surface area (TPSA) is 75.0 Å². The van der Waals surface area contributed by atoms with Crippen LogP contribution < -0.4 is 4.74 Å². The van der Waals surface area contributed by atoms with Gasteiger partial charge in [0.15, 0.2) is 5.15 Å². The maximum atomic E-state index is 7.61. The molecule has 0 spiro atoms. The zero-order valence-electron chi connectivity index (χ0n) is 10.0. The van der Waals surface area contributed by atoms with Gasteiger partial charge in [-0.2, -0.15) is 0 Å². The minimum Gasteiger partial charge on any atom is -0.468 e. The Morgan fingerprint density at radius 2 is 2.22 bits per heavy atom. The van der Waals surface area contributed by atoms with Crippen molar-refractivity contribution in [3.05, 3.63) is 23.6 Å². The van der Waals surface area contributed by atoms with E-state index in [0.717, 1.165) is 0 Å². The van der Waals surface area contributed by atoms with E-state index in [1.807, 2.05) is 0 Å². The molecule has 0 bridgehead atoms. The second-order valence-corrected chi connectivity index (χ2v) is 4.17. The predicted molar refractivity (Wildman–Crippen MR) is 69.3 cm³/mol. The molecule has 2 rings (SSSR count). The SMILES string of the molecule is CN(C)C(=N)COc1cnc2c(Cl)nccc2n1. The molecule has 2 heterocycles. The number of fused-ring (bicyclic) bond motifs is 1. The van der Waals surface area contributed by atoms with Gasteiger partial charge in [0.25, 0.3) is 0 Å². The van der Waals surface area contributed by atoms with E-state index >= 15 is 0 Å². The average Bonchev–Trinajstić information content (AvgIpc) is 2.36. The number of ether oxygens (including phenoxy) is 1. The van der Waals surface area contributed by atoms with E-state index in [1.165, 1.54) is 6.20 Å². The minimum absolute atomic E-state index is 0.145. The summed E-state index contributed by atoms with van der Waals surface area (Å²) < 4.78 is 5.37. The third-order valence-electron chi connectivity index (χ3n) is 2.29. The molecule has 18 heavy (non-hydrogen) atoms. The van der Waals surface area contributed by atoms with Crippen LogP contribution >= 0.6 is 11.6 Å². The molecule has 2 aromatic rings. The Bertz CT molecular complexity index is 587. The predicted octanol–water partition coefficient (Wildman–Crippen LogP) is 1.60. The smallest absolute Gasteiger partial charge is 0.233 e. The van der Waals surface area contributed by atoms with Crippen molar-refractivity contribution in [3.63, 3.8) is 0 Å². The van der Waals surface area contributed by atoms with Gasteiger partial charge in [-0.05, 0) is 6.07 Å². The lowest BCUT2D eigenvalue weighted by Crippen LogP contribution is -2.27. The molecule has 0 fully saturated rings. The third kappa shape index (κ3) is 2.65. The monoisotopic (exact) mass is 265 g/mol. The summed E-state index contributed by atoms with van der Waals surface area (Å²) in [7, 11) is 3.56. The minimum atomic E-state index is 0.145. The lowest BCUT2D eigenvalue weighted by Gasteiger charge is -2.13. The first-order valence-corrected chi connectivity index (χ1v) is 5.60. The Kier molecular flexibility index (Phi) is 3.57. The van der Waals surface area contributed by atoms with Crippen molar-refractivity contribution in [2.45, 2.75) is 0 Å². The van der Waals surface area contributed by atoms with E-state index in [4.69, 9.17) is 21.7 Å². The van der Waals surface area contributed by atoms with Gasteiger partial charge in [0.2, 0.25) is 5.88 Å². The molecule has 0 aliphatic heterocycles. The van der Waals surface area contributed by atoms with Crippen molar-refractivity contribution < 1.29 is 4.74 Å². The van der Waals surface area contributed by atoms with Gasteiger partial charge in [0.05, 0.1) is 11.7 Å². The van der Waals surface area contributed by atoms with Gasteiger partial charge in [-0.1, -0.05) is 11.6 Å². The number of hydrogen-bond donors (Lipinski definition) is 1. The van der Waals surface area contributed by atoms with Gasteiger partial charge in [-0.15, -0.1) is 0 Å². The molecule has 0 aliphatic rings. The molecular formula is C11H12ClN5O. The number of halogens is 1. The molecule has 0 aliphatic carbocycles. The molecular weight excluding hydrogens is 254 g/mol. The molecule has 0 aromatic carbocycles. The molecule has 7 heteroatoms. The fourth-order valence-corrected chi connectivity index (χ4v) is 1.44. The van der Waals surface area contributed by atoms with Crippen LogP contribution in [0, 0.1) is 5.41 Å². The van der Waals surface area contributed by atoms with Crippen molar-refractivity contribution in [3.8, 4) is 5.88 Å². The fraction of sp³-hybridized carbons (Fsp3) is 0.273. The van der Waals surface area contributed by atoms with Crippen LogP contribution in [0.25, 0.3) is 11.0 Å². The van der Waals surface area contributed by atoms with Crippen LogP contribution in [0.4, 0.5) is 0 Å². The molecule has 0 atom stereocenters. The number of hydrogen-bond acceptors (Lipinski definition) is 5. The number of nitrogens with zero attached hydrogens (tertiary/aromatic N) is 4. The summed E-state index contributed by atoms with van der Waals surface area (Å²) in [5.74, 6) is 0.709. The van der Waals surface area contributed by atoms with Crippen LogP contribution in [0.15, 0.2) is 18.5 Å². The molecule has 1 N–H and O–H groups in total. The van der Waals surface area contributed by atoms with E-state index in [-0.39, 0.29) is 6.61 Å². The van der Waals surface area contributed by atoms with Crippen molar-refractivity contribution in [2.75, 3.05) is 20.7 Å². The first-order valence-electron chi connectivity index (χ1n) is 5.22. The van der Waals surface area contributed by atoms with E-state index in [2.05, 4.69) is 15.0 Å². The summed E-state index contributed by atoms with van der Waals surface area (Å²) in [6.07, 6.45) is 3.03. The van der Waals surface area contributed by atoms with Gasteiger partial charge >= 0.3 is 0 Å². The molecule has 0 radical (unpaired) electrons. The molecule has 0 saturated heterocycles. The van der Waals surface area contributed by atoms with E-state index in [1.54, 1.807) is 31.3 Å². The highest BCUT2D eigenvalue weighted by Gasteiger charge is 2.06. The van der Waals surface area contributed by atoms with E-state index in [9.17, 15) is 0 Å². The number of aromatic nitrogens is 3. The van der Waals surface area contributed by atoms with Crippen molar-refractivity contribution in [2.24, 2.45) is 0 Å². The maximum Gasteiger partial charge on any atom is 0.233 e. The van der Waals surface area contributed by atoms with Gasteiger partial charge in [-0.25, -0.2) is 15.0 Å². The first kappa shape index (κ1) is 12.5. The lowest BCUT2D eigenvalue weighted by molar-refractivity contribution is 0.344. The van der Waals surface area contributed by atoms with Gasteiger partial charge < -0.3 is 9.64 Å². The molecule has 94 valence electrons. The van der Waals surface area contributed by atoms with E-state index < -0.39 is 0 Å². The lowest BCUT2D eigenvalue weighted by atomic mass is 10.4. The number of nitrogens with one attached hydrogen (secondary N) is 1. The van der Waals surface area contributed by atoms with Crippen LogP contribution in [0.1, 0.15) is 0 Å². The molecule has 0 amide bonds. The Hall–Kier alpha value is -1.95. The summed E-state index contributed by atoms with van der Waals surface area (Å²) in [5.41, 5.74) is 1.15. The second kappa shape index (κ2) is 5.14. The maximum absolute atomic E-state index is 7.61. The first-order chi connectivity index (χ1) is 8.58. The Morgan fingerprint density at radius 1 is 1.44 bits per heavy atom. The number of pyridine rings is 1. The molecule has 2 aromatic heterocycles. The summed E-state index contributed by atoms with van der Waals surface area (Å²) >= 11 is 5.88. The zero-order chi connectivity index (χ0) is 13.1. The average molecular weight is 266 g/mol. The molecule has 6 nitrogen and oxygen atoms in total. The zero-order valence-corrected chi connectivity index (χ0v) is 10.8. The molecule has 0 unspecified atom stereocenters. The molecule has 0 saturated carbocycles. The van der Waals surface area contributed by atoms with Crippen LogP contribution in [0.5, 0.6) is 5.88 Å². The Labute approximate surface area is 109 Å². The highest BCUT2D eigenvalue weighted by molar-refractivity contribution is 6.33. The van der Waals surface area contributed by atoms with Crippen LogP contribution in [-0.4, -0.2) is 46.4 Å². The van der Waals surface area contributed by atoms with Gasteiger partial charge in [0, 0.05) is 20.3 Å². The summed E-state index contributed by atoms with van der Waals surface area (Å²) in [5, 5.41) is 7.92. The van der Waals surface area contributed by atoms with E-state index in [0.29, 0.717) is 27.9 Å². The highest BCUT2D eigenvalue weighted by atomic mass is 35.5. The summed E-state index contributed by atoms with van der Waals surface area (Å²) in [6.45, 7) is 0.145. The Morgan fingerprint density at radius 3 is 2.94 bits per heavy atom. The van der Waals surface area contributed by atoms with Crippen molar-refractivity contribution in [1.82, 2.24) is 19.9 Å². The van der Waals surface area contributed by atoms with Crippen molar-refractivity contribution in [1.29, 1.82) is 5.41 Å². The Balaban J connectivity index is 2.18. The van der Waals surface area contributed by atoms with Gasteiger partial charge in [-0.3, -0.25) is 5.41 Å². The number of rotatable bonds is 3. The second-order valence-electron chi connectivity index (χ2n) is 3.81. The number of likely N-dealkylation sites (N-methyl/N-ethyl adjacent to an activating group) is 1. The largest absolute Gasteiger partial charge is 0.468 e. The van der Waals surface area contributed by atoms with Crippen LogP contribution in [0.3, 0.4) is 0 Å². The number of amidine groups is 1. The normalized spacial score (nSPS) is 10.4. The van der Waals surface area contributed by atoms with Gasteiger partial charge in [0.1, 0.15) is 18.0 Å². The van der Waals surface area contributed by atoms with Crippen LogP contribution in [-0.2, 0) is 0 Å². The summed E-state index contributed by atoms with van der Waals surface area (Å²) in [4.78, 5) is 14.0. The quantitative estimate of drug-likeness (QED) is 0.518. The van der Waals surface area contributed by atoms with Crippen LogP contribution in [0.2, 0.25) is 5.15 Å².